The first-order valence-electron chi connectivity index (χ1n) is 11.2. The molecule has 32 heavy (non-hydrogen) atoms. The van der Waals surface area contributed by atoms with Crippen LogP contribution in [0.2, 0.25) is 0 Å². The molecule has 2 aromatic carbocycles. The number of hydrogen-bond acceptors (Lipinski definition) is 5. The highest BCUT2D eigenvalue weighted by Crippen LogP contribution is 2.22. The molecule has 1 aliphatic heterocycles. The average molecular weight is 447 g/mol. The number of anilines is 1. The van der Waals surface area contributed by atoms with E-state index in [1.807, 2.05) is 36.5 Å². The monoisotopic (exact) mass is 446 g/mol. The van der Waals surface area contributed by atoms with Crippen LogP contribution in [0.15, 0.2) is 84.0 Å². The highest BCUT2D eigenvalue weighted by molar-refractivity contribution is 7.98. The summed E-state index contributed by atoms with van der Waals surface area (Å²) < 4.78 is 0. The Morgan fingerprint density at radius 3 is 2.50 bits per heavy atom. The Hall–Kier alpha value is -2.67. The van der Waals surface area contributed by atoms with Gasteiger partial charge in [-0.1, -0.05) is 48.5 Å². The molecule has 2 heterocycles. The minimum Gasteiger partial charge on any atom is -0.325 e. The van der Waals surface area contributed by atoms with Crippen LogP contribution in [0, 0.1) is 0 Å². The fourth-order valence-corrected chi connectivity index (χ4v) is 4.72. The summed E-state index contributed by atoms with van der Waals surface area (Å²) in [5.74, 6) is 0.875. The molecule has 5 nitrogen and oxygen atoms in total. The average Bonchev–Trinajstić information content (AvgIpc) is 3.04. The van der Waals surface area contributed by atoms with Crippen LogP contribution in [0.25, 0.3) is 0 Å². The molecule has 4 rings (SSSR count). The van der Waals surface area contributed by atoms with Crippen molar-refractivity contribution in [1.82, 2.24) is 14.8 Å². The first-order valence-corrected chi connectivity index (χ1v) is 12.1. The van der Waals surface area contributed by atoms with Crippen LogP contribution in [-0.2, 0) is 17.1 Å². The molecule has 1 aliphatic rings. The molecule has 0 saturated carbocycles. The maximum atomic E-state index is 12.7. The standard InChI is InChI=1S/C26H30N4OS/c31-25(20-30-15-7-14-29(16-17-30)19-22-8-2-1-3-9-22)28-24-11-6-10-23(18-24)21-32-26-12-4-5-13-27-26/h1-6,8-13,18H,7,14-17,19-21H2,(H,28,31). The van der Waals surface area contributed by atoms with Gasteiger partial charge in [-0.3, -0.25) is 14.6 Å². The van der Waals surface area contributed by atoms with E-state index in [0.29, 0.717) is 6.54 Å². The van der Waals surface area contributed by atoms with Gasteiger partial charge in [0.1, 0.15) is 0 Å². The predicted molar refractivity (Wildman–Crippen MR) is 132 cm³/mol. The van der Waals surface area contributed by atoms with Gasteiger partial charge in [0.05, 0.1) is 11.6 Å². The zero-order chi connectivity index (χ0) is 22.0. The molecule has 0 radical (unpaired) electrons. The Labute approximate surface area is 194 Å². The van der Waals surface area contributed by atoms with Crippen molar-refractivity contribution in [3.63, 3.8) is 0 Å². The summed E-state index contributed by atoms with van der Waals surface area (Å²) in [5.41, 5.74) is 3.37. The first kappa shape index (κ1) is 22.5. The number of amides is 1. The third-order valence-electron chi connectivity index (χ3n) is 5.53. The fraction of sp³-hybridized carbons (Fsp3) is 0.308. The third-order valence-corrected chi connectivity index (χ3v) is 6.55. The maximum absolute atomic E-state index is 12.7. The van der Waals surface area contributed by atoms with E-state index < -0.39 is 0 Å². The largest absolute Gasteiger partial charge is 0.325 e. The number of thioether (sulfide) groups is 1. The second kappa shape index (κ2) is 11.8. The lowest BCUT2D eigenvalue weighted by molar-refractivity contribution is -0.117. The van der Waals surface area contributed by atoms with E-state index >= 15 is 0 Å². The summed E-state index contributed by atoms with van der Waals surface area (Å²) >= 11 is 1.70. The van der Waals surface area contributed by atoms with Crippen molar-refractivity contribution >= 4 is 23.4 Å². The Morgan fingerprint density at radius 2 is 1.66 bits per heavy atom. The summed E-state index contributed by atoms with van der Waals surface area (Å²) in [6.45, 7) is 5.35. The highest BCUT2D eigenvalue weighted by Gasteiger charge is 2.17. The van der Waals surface area contributed by atoms with Gasteiger partial charge in [0.15, 0.2) is 0 Å². The second-order valence-corrected chi connectivity index (χ2v) is 9.09. The molecule has 0 spiro atoms. The summed E-state index contributed by atoms with van der Waals surface area (Å²) in [6.07, 6.45) is 2.89. The summed E-state index contributed by atoms with van der Waals surface area (Å²) in [7, 11) is 0. The molecule has 6 heteroatoms. The highest BCUT2D eigenvalue weighted by atomic mass is 32.2. The molecule has 166 valence electrons. The number of nitrogens with one attached hydrogen (secondary N) is 1. The Morgan fingerprint density at radius 1 is 0.875 bits per heavy atom. The van der Waals surface area contributed by atoms with Crippen molar-refractivity contribution in [2.24, 2.45) is 0 Å². The van der Waals surface area contributed by atoms with Crippen LogP contribution < -0.4 is 5.32 Å². The van der Waals surface area contributed by atoms with Crippen LogP contribution in [0.5, 0.6) is 0 Å². The van der Waals surface area contributed by atoms with E-state index in [9.17, 15) is 4.79 Å². The third kappa shape index (κ3) is 7.19. The van der Waals surface area contributed by atoms with Crippen LogP contribution in [0.1, 0.15) is 17.5 Å². The lowest BCUT2D eigenvalue weighted by atomic mass is 10.2. The number of benzene rings is 2. The fourth-order valence-electron chi connectivity index (χ4n) is 3.91. The topological polar surface area (TPSA) is 48.5 Å². The molecular weight excluding hydrogens is 416 g/mol. The van der Waals surface area contributed by atoms with Gasteiger partial charge < -0.3 is 5.32 Å². The smallest absolute Gasteiger partial charge is 0.238 e. The van der Waals surface area contributed by atoms with E-state index in [2.05, 4.69) is 62.6 Å². The minimum absolute atomic E-state index is 0.0519. The minimum atomic E-state index is 0.0519. The van der Waals surface area contributed by atoms with Gasteiger partial charge in [0.2, 0.25) is 5.91 Å². The Balaban J connectivity index is 1.24. The second-order valence-electron chi connectivity index (χ2n) is 8.10. The van der Waals surface area contributed by atoms with Crippen LogP contribution in [0.3, 0.4) is 0 Å². The van der Waals surface area contributed by atoms with Crippen LogP contribution in [-0.4, -0.2) is 53.4 Å². The van der Waals surface area contributed by atoms with E-state index in [1.54, 1.807) is 11.8 Å². The van der Waals surface area contributed by atoms with Gasteiger partial charge in [0.25, 0.3) is 0 Å². The van der Waals surface area contributed by atoms with E-state index in [0.717, 1.165) is 55.6 Å². The lowest BCUT2D eigenvalue weighted by Gasteiger charge is -2.21. The molecule has 3 aromatic rings. The normalized spacial score (nSPS) is 15.2. The Bertz CT molecular complexity index is 983. The van der Waals surface area contributed by atoms with Crippen LogP contribution in [0.4, 0.5) is 5.69 Å². The van der Waals surface area contributed by atoms with Crippen molar-refractivity contribution < 1.29 is 4.79 Å². The van der Waals surface area contributed by atoms with Gasteiger partial charge in [-0.25, -0.2) is 4.98 Å². The van der Waals surface area contributed by atoms with E-state index in [4.69, 9.17) is 0 Å². The van der Waals surface area contributed by atoms with Crippen molar-refractivity contribution in [3.8, 4) is 0 Å². The molecule has 0 bridgehead atoms. The number of aromatic nitrogens is 1. The lowest BCUT2D eigenvalue weighted by Crippen LogP contribution is -2.36. The number of nitrogens with zero attached hydrogens (tertiary/aromatic N) is 3. The van der Waals surface area contributed by atoms with Gasteiger partial charge >= 0.3 is 0 Å². The summed E-state index contributed by atoms with van der Waals surface area (Å²) in [5, 5.41) is 4.08. The number of carbonyl (C=O) groups excluding carboxylic acids is 1. The molecule has 1 aromatic heterocycles. The Kier molecular flexibility index (Phi) is 8.31. The quantitative estimate of drug-likeness (QED) is 0.516. The summed E-state index contributed by atoms with van der Waals surface area (Å²) in [4.78, 5) is 21.8. The number of rotatable bonds is 8. The predicted octanol–water partition coefficient (Wildman–Crippen LogP) is 4.52. The molecular formula is C26H30N4OS. The van der Waals surface area contributed by atoms with Gasteiger partial charge in [-0.15, -0.1) is 11.8 Å². The van der Waals surface area contributed by atoms with Gasteiger partial charge in [0, 0.05) is 37.3 Å². The zero-order valence-corrected chi connectivity index (χ0v) is 19.1. The van der Waals surface area contributed by atoms with Gasteiger partial charge in [-0.2, -0.15) is 0 Å². The zero-order valence-electron chi connectivity index (χ0n) is 18.3. The molecule has 1 fully saturated rings. The molecule has 1 N–H and O–H groups in total. The molecule has 1 saturated heterocycles. The van der Waals surface area contributed by atoms with Crippen molar-refractivity contribution in [3.05, 3.63) is 90.1 Å². The van der Waals surface area contributed by atoms with Crippen LogP contribution >= 0.6 is 11.8 Å². The molecule has 0 atom stereocenters. The number of pyridine rings is 1. The molecule has 1 amide bonds. The van der Waals surface area contributed by atoms with E-state index in [1.165, 1.54) is 11.1 Å². The molecule has 0 unspecified atom stereocenters. The SMILES string of the molecule is O=C(CN1CCCN(Cc2ccccc2)CC1)Nc1cccc(CSc2ccccn2)c1. The maximum Gasteiger partial charge on any atom is 0.238 e. The summed E-state index contributed by atoms with van der Waals surface area (Å²) in [6, 6.07) is 24.6. The van der Waals surface area contributed by atoms with Crippen molar-refractivity contribution in [2.45, 2.75) is 23.7 Å². The van der Waals surface area contributed by atoms with Gasteiger partial charge in [-0.05, 0) is 54.9 Å². The van der Waals surface area contributed by atoms with Crippen molar-refractivity contribution in [1.29, 1.82) is 0 Å². The molecule has 0 aliphatic carbocycles. The first-order chi connectivity index (χ1) is 15.7. The van der Waals surface area contributed by atoms with Crippen molar-refractivity contribution in [2.75, 3.05) is 38.0 Å². The van der Waals surface area contributed by atoms with E-state index in [-0.39, 0.29) is 5.91 Å². The number of carbonyl (C=O) groups is 1. The number of hydrogen-bond donors (Lipinski definition) is 1.